The molecule has 1 N–H and O–H groups in total. The quantitative estimate of drug-likeness (QED) is 0.862. The first-order valence-electron chi connectivity index (χ1n) is 8.06. The Balaban J connectivity index is 1.81. The van der Waals surface area contributed by atoms with Crippen molar-refractivity contribution in [3.8, 4) is 5.75 Å². The van der Waals surface area contributed by atoms with Gasteiger partial charge in [-0.05, 0) is 43.7 Å². The van der Waals surface area contributed by atoms with Gasteiger partial charge in [0.2, 0.25) is 5.91 Å². The van der Waals surface area contributed by atoms with Crippen molar-refractivity contribution in [1.82, 2.24) is 0 Å². The van der Waals surface area contributed by atoms with Crippen LogP contribution < -0.4 is 15.0 Å². The fraction of sp³-hybridized carbons (Fsp3) is 0.588. The highest BCUT2D eigenvalue weighted by Crippen LogP contribution is 2.47. The molecule has 4 nitrogen and oxygen atoms in total. The first kappa shape index (κ1) is 13.0. The van der Waals surface area contributed by atoms with Crippen LogP contribution in [-0.4, -0.2) is 25.1 Å². The number of ether oxygens (including phenoxy) is 1. The van der Waals surface area contributed by atoms with Gasteiger partial charge >= 0.3 is 0 Å². The smallest absolute Gasteiger partial charge is 0.247 e. The van der Waals surface area contributed by atoms with Gasteiger partial charge in [-0.1, -0.05) is 18.9 Å². The van der Waals surface area contributed by atoms with E-state index in [0.717, 1.165) is 29.5 Å². The summed E-state index contributed by atoms with van der Waals surface area (Å²) in [6.07, 6.45) is 7.32. The molecular formula is C17H22N2O2. The zero-order chi connectivity index (χ0) is 14.4. The maximum Gasteiger partial charge on any atom is 0.247 e. The van der Waals surface area contributed by atoms with Crippen molar-refractivity contribution in [1.29, 1.82) is 0 Å². The van der Waals surface area contributed by atoms with E-state index >= 15 is 0 Å². The average Bonchev–Trinajstić information content (AvgIpc) is 2.54. The third-order valence-electron chi connectivity index (χ3n) is 5.43. The number of nitrogens with zero attached hydrogens (tertiary/aromatic N) is 1. The standard InChI is InChI=1S/C17H22N2O2/c1-21-15-8-4-7-13-16(15)18-17(20)14-10-9-11-5-2-3-6-12(11)19(13)14/h4,7-8,11-12,14H,2-3,5-6,9-10H2,1H3,(H,18,20). The van der Waals surface area contributed by atoms with Crippen LogP contribution in [-0.2, 0) is 4.79 Å². The Morgan fingerprint density at radius 1 is 1.19 bits per heavy atom. The topological polar surface area (TPSA) is 41.6 Å². The van der Waals surface area contributed by atoms with Crippen LogP contribution in [0.15, 0.2) is 18.2 Å². The molecule has 1 aromatic carbocycles. The minimum atomic E-state index is 0.00366. The van der Waals surface area contributed by atoms with Crippen molar-refractivity contribution in [3.63, 3.8) is 0 Å². The molecule has 1 aromatic rings. The molecule has 2 aliphatic heterocycles. The predicted molar refractivity (Wildman–Crippen MR) is 82.9 cm³/mol. The monoisotopic (exact) mass is 286 g/mol. The third kappa shape index (κ3) is 1.92. The molecule has 0 aromatic heterocycles. The number of anilines is 2. The SMILES string of the molecule is COc1cccc2c1NC(=O)C1CCC3CCCCC3N21. The highest BCUT2D eigenvalue weighted by atomic mass is 16.5. The summed E-state index contributed by atoms with van der Waals surface area (Å²) in [6.45, 7) is 0. The molecule has 0 spiro atoms. The van der Waals surface area contributed by atoms with Gasteiger partial charge in [0.05, 0.1) is 12.8 Å². The molecule has 3 unspecified atom stereocenters. The van der Waals surface area contributed by atoms with Crippen LogP contribution >= 0.6 is 0 Å². The van der Waals surface area contributed by atoms with E-state index in [-0.39, 0.29) is 11.9 Å². The van der Waals surface area contributed by atoms with Crippen LogP contribution in [0.3, 0.4) is 0 Å². The third-order valence-corrected chi connectivity index (χ3v) is 5.43. The molecule has 4 heteroatoms. The largest absolute Gasteiger partial charge is 0.494 e. The molecule has 2 fully saturated rings. The first-order valence-corrected chi connectivity index (χ1v) is 8.06. The molecule has 0 bridgehead atoms. The van der Waals surface area contributed by atoms with Crippen LogP contribution in [0.25, 0.3) is 0 Å². The minimum Gasteiger partial charge on any atom is -0.494 e. The number of hydrogen-bond donors (Lipinski definition) is 1. The summed E-state index contributed by atoms with van der Waals surface area (Å²) >= 11 is 0. The summed E-state index contributed by atoms with van der Waals surface area (Å²) in [5.74, 6) is 1.65. The lowest BCUT2D eigenvalue weighted by atomic mass is 9.75. The molecule has 1 saturated heterocycles. The van der Waals surface area contributed by atoms with Gasteiger partial charge in [0.25, 0.3) is 0 Å². The second kappa shape index (κ2) is 4.93. The van der Waals surface area contributed by atoms with Gasteiger partial charge in [0, 0.05) is 6.04 Å². The number of nitrogens with one attached hydrogen (secondary N) is 1. The Bertz CT molecular complexity index is 572. The van der Waals surface area contributed by atoms with Crippen LogP contribution in [0.4, 0.5) is 11.4 Å². The molecule has 1 saturated carbocycles. The Morgan fingerprint density at radius 2 is 2.05 bits per heavy atom. The van der Waals surface area contributed by atoms with Crippen molar-refractivity contribution < 1.29 is 9.53 Å². The van der Waals surface area contributed by atoms with Gasteiger partial charge in [-0.2, -0.15) is 0 Å². The predicted octanol–water partition coefficient (Wildman–Crippen LogP) is 3.17. The van der Waals surface area contributed by atoms with Gasteiger partial charge in [-0.25, -0.2) is 0 Å². The second-order valence-corrected chi connectivity index (χ2v) is 6.46. The molecular weight excluding hydrogens is 264 g/mol. The van der Waals surface area contributed by atoms with E-state index in [0.29, 0.717) is 6.04 Å². The fourth-order valence-electron chi connectivity index (χ4n) is 4.47. The second-order valence-electron chi connectivity index (χ2n) is 6.46. The number of para-hydroxylation sites is 1. The highest BCUT2D eigenvalue weighted by molar-refractivity contribution is 6.05. The zero-order valence-corrected chi connectivity index (χ0v) is 12.5. The number of carbonyl (C=O) groups excluding carboxylic acids is 1. The maximum atomic E-state index is 12.5. The Morgan fingerprint density at radius 3 is 2.90 bits per heavy atom. The number of amides is 1. The normalized spacial score (nSPS) is 30.8. The molecule has 0 radical (unpaired) electrons. The maximum absolute atomic E-state index is 12.5. The van der Waals surface area contributed by atoms with E-state index < -0.39 is 0 Å². The van der Waals surface area contributed by atoms with Crippen molar-refractivity contribution in [3.05, 3.63) is 18.2 Å². The highest BCUT2D eigenvalue weighted by Gasteiger charge is 2.44. The van der Waals surface area contributed by atoms with Crippen molar-refractivity contribution in [2.75, 3.05) is 17.3 Å². The summed E-state index contributed by atoms with van der Waals surface area (Å²) < 4.78 is 5.44. The van der Waals surface area contributed by atoms with Crippen LogP contribution in [0.5, 0.6) is 5.75 Å². The first-order chi connectivity index (χ1) is 10.3. The minimum absolute atomic E-state index is 0.00366. The van der Waals surface area contributed by atoms with Gasteiger partial charge in [-0.3, -0.25) is 4.79 Å². The molecule has 2 heterocycles. The van der Waals surface area contributed by atoms with Crippen LogP contribution in [0.1, 0.15) is 38.5 Å². The summed E-state index contributed by atoms with van der Waals surface area (Å²) in [5.41, 5.74) is 2.00. The van der Waals surface area contributed by atoms with E-state index in [9.17, 15) is 4.79 Å². The molecule has 112 valence electrons. The molecule has 3 atom stereocenters. The molecule has 21 heavy (non-hydrogen) atoms. The Kier molecular flexibility index (Phi) is 3.05. The van der Waals surface area contributed by atoms with E-state index in [1.807, 2.05) is 12.1 Å². The van der Waals surface area contributed by atoms with Gasteiger partial charge in [0.1, 0.15) is 17.5 Å². The number of fused-ring (bicyclic) bond motifs is 5. The van der Waals surface area contributed by atoms with E-state index in [2.05, 4.69) is 16.3 Å². The summed E-state index contributed by atoms with van der Waals surface area (Å²) in [7, 11) is 1.66. The molecule has 1 amide bonds. The van der Waals surface area contributed by atoms with E-state index in [1.165, 1.54) is 32.1 Å². The van der Waals surface area contributed by atoms with Crippen molar-refractivity contribution >= 4 is 17.3 Å². The van der Waals surface area contributed by atoms with Crippen LogP contribution in [0.2, 0.25) is 0 Å². The van der Waals surface area contributed by atoms with E-state index in [4.69, 9.17) is 4.74 Å². The van der Waals surface area contributed by atoms with Crippen molar-refractivity contribution in [2.24, 2.45) is 5.92 Å². The van der Waals surface area contributed by atoms with Gasteiger partial charge in [-0.15, -0.1) is 0 Å². The number of hydrogen-bond acceptors (Lipinski definition) is 3. The average molecular weight is 286 g/mol. The number of methoxy groups -OCH3 is 1. The Hall–Kier alpha value is -1.71. The Labute approximate surface area is 125 Å². The zero-order valence-electron chi connectivity index (χ0n) is 12.5. The van der Waals surface area contributed by atoms with Gasteiger partial charge < -0.3 is 15.0 Å². The van der Waals surface area contributed by atoms with Crippen LogP contribution in [0, 0.1) is 5.92 Å². The lowest BCUT2D eigenvalue weighted by Crippen LogP contribution is -2.58. The van der Waals surface area contributed by atoms with E-state index in [1.54, 1.807) is 7.11 Å². The number of carbonyl (C=O) groups is 1. The molecule has 4 rings (SSSR count). The lowest BCUT2D eigenvalue weighted by Gasteiger charge is -2.51. The summed E-state index contributed by atoms with van der Waals surface area (Å²) in [5, 5.41) is 3.07. The fourth-order valence-corrected chi connectivity index (χ4v) is 4.47. The number of benzene rings is 1. The summed E-state index contributed by atoms with van der Waals surface area (Å²) in [4.78, 5) is 14.9. The van der Waals surface area contributed by atoms with Crippen molar-refractivity contribution in [2.45, 2.75) is 50.6 Å². The summed E-state index contributed by atoms with van der Waals surface area (Å²) in [6, 6.07) is 6.60. The molecule has 3 aliphatic rings. The molecule has 1 aliphatic carbocycles. The number of piperidine rings is 1. The number of rotatable bonds is 1. The lowest BCUT2D eigenvalue weighted by molar-refractivity contribution is -0.118. The van der Waals surface area contributed by atoms with Gasteiger partial charge in [0.15, 0.2) is 0 Å².